The number of ether oxygens (including phenoxy) is 1. The van der Waals surface area contributed by atoms with Gasteiger partial charge < -0.3 is 9.72 Å². The van der Waals surface area contributed by atoms with Gasteiger partial charge in [-0.2, -0.15) is 0 Å². The highest BCUT2D eigenvalue weighted by Crippen LogP contribution is 2.36. The van der Waals surface area contributed by atoms with Crippen molar-refractivity contribution in [3.63, 3.8) is 0 Å². The molecule has 0 aliphatic heterocycles. The lowest BCUT2D eigenvalue weighted by Crippen LogP contribution is -2.31. The zero-order chi connectivity index (χ0) is 27.8. The monoisotopic (exact) mass is 537 g/mol. The lowest BCUT2D eigenvalue weighted by Gasteiger charge is -2.24. The number of nitrogens with one attached hydrogen (secondary N) is 2. The first-order valence-corrected chi connectivity index (χ1v) is 14.8. The number of nitrogens with zero attached hydrogens (tertiary/aromatic N) is 3. The molecule has 0 fully saturated rings. The number of fused-ring (bicyclic) bond motifs is 1. The topological polar surface area (TPSA) is 102 Å². The first-order valence-electron chi connectivity index (χ1n) is 13.3. The normalized spacial score (nSPS) is 13.2. The summed E-state index contributed by atoms with van der Waals surface area (Å²) in [6.07, 6.45) is 1.88. The van der Waals surface area contributed by atoms with Gasteiger partial charge in [0.05, 0.1) is 10.9 Å². The van der Waals surface area contributed by atoms with Crippen LogP contribution in [0.5, 0.6) is 11.8 Å². The van der Waals surface area contributed by atoms with Gasteiger partial charge in [0.1, 0.15) is 5.75 Å². The van der Waals surface area contributed by atoms with Crippen LogP contribution in [-0.4, -0.2) is 28.2 Å². The number of rotatable bonds is 10. The molecule has 0 saturated heterocycles. The van der Waals surface area contributed by atoms with Crippen LogP contribution in [0, 0.1) is 0 Å². The Morgan fingerprint density at radius 1 is 0.921 bits per heavy atom. The lowest BCUT2D eigenvalue weighted by atomic mass is 9.89. The number of sulfonamides is 1. The standard InChI is InChI=1S/C29H39N5O3S/c1-9-34-28(31-32-29(34)37-23-11-10-21-12-13-30-26(21)16-23)20(8)33-38(35,36)27-24(18(4)5)14-22(17(2)3)15-25(27)19(6)7/h10-20,30,33H,9H2,1-8H3/t20-/m1/s1. The Kier molecular flexibility index (Phi) is 7.99. The van der Waals surface area contributed by atoms with E-state index in [1.165, 1.54) is 0 Å². The molecule has 2 N–H and O–H groups in total. The van der Waals surface area contributed by atoms with Crippen LogP contribution in [0.15, 0.2) is 47.5 Å². The fourth-order valence-electron chi connectivity index (χ4n) is 4.73. The van der Waals surface area contributed by atoms with E-state index < -0.39 is 16.1 Å². The van der Waals surface area contributed by atoms with E-state index in [1.54, 1.807) is 11.5 Å². The van der Waals surface area contributed by atoms with Gasteiger partial charge in [-0.3, -0.25) is 4.57 Å². The molecule has 2 aromatic carbocycles. The van der Waals surface area contributed by atoms with Crippen molar-refractivity contribution >= 4 is 20.9 Å². The van der Waals surface area contributed by atoms with E-state index in [0.29, 0.717) is 34.9 Å². The Bertz CT molecular complexity index is 1500. The van der Waals surface area contributed by atoms with Crippen LogP contribution in [0.25, 0.3) is 10.9 Å². The molecule has 0 unspecified atom stereocenters. The molecule has 8 nitrogen and oxygen atoms in total. The quantitative estimate of drug-likeness (QED) is 0.227. The summed E-state index contributed by atoms with van der Waals surface area (Å²) in [6, 6.07) is 11.5. The number of hydrogen-bond acceptors (Lipinski definition) is 5. The number of benzene rings is 2. The zero-order valence-electron chi connectivity index (χ0n) is 23.5. The van der Waals surface area contributed by atoms with Crippen molar-refractivity contribution in [1.29, 1.82) is 0 Å². The van der Waals surface area contributed by atoms with E-state index in [1.807, 2.05) is 77.2 Å². The van der Waals surface area contributed by atoms with Gasteiger partial charge in [0.15, 0.2) is 5.82 Å². The minimum absolute atomic E-state index is 0.0457. The van der Waals surface area contributed by atoms with E-state index in [9.17, 15) is 8.42 Å². The highest BCUT2D eigenvalue weighted by atomic mass is 32.2. The average Bonchev–Trinajstić information content (AvgIpc) is 3.49. The molecular formula is C29H39N5O3S. The Morgan fingerprint density at radius 2 is 1.58 bits per heavy atom. The third kappa shape index (κ3) is 5.49. The van der Waals surface area contributed by atoms with E-state index in [0.717, 1.165) is 27.6 Å². The van der Waals surface area contributed by atoms with Crippen molar-refractivity contribution in [3.05, 3.63) is 65.1 Å². The summed E-state index contributed by atoms with van der Waals surface area (Å²) in [5.74, 6) is 1.50. The van der Waals surface area contributed by atoms with Gasteiger partial charge in [-0.25, -0.2) is 13.1 Å². The molecule has 4 rings (SSSR count). The van der Waals surface area contributed by atoms with Crippen LogP contribution in [0.2, 0.25) is 0 Å². The van der Waals surface area contributed by atoms with E-state index in [4.69, 9.17) is 4.74 Å². The van der Waals surface area contributed by atoms with Crippen molar-refractivity contribution in [2.45, 2.75) is 90.6 Å². The zero-order valence-corrected chi connectivity index (χ0v) is 24.3. The molecule has 0 aliphatic carbocycles. The molecular weight excluding hydrogens is 498 g/mol. The second-order valence-electron chi connectivity index (χ2n) is 10.7. The SMILES string of the molecule is CCn1c(Oc2ccc3cc[nH]c3c2)nnc1[C@@H](C)NS(=O)(=O)c1c(C(C)C)cc(C(C)C)cc1C(C)C. The van der Waals surface area contributed by atoms with Crippen LogP contribution < -0.4 is 9.46 Å². The molecule has 204 valence electrons. The fourth-order valence-corrected chi connectivity index (χ4v) is 6.63. The third-order valence-corrected chi connectivity index (χ3v) is 8.54. The van der Waals surface area contributed by atoms with Gasteiger partial charge in [0, 0.05) is 24.3 Å². The van der Waals surface area contributed by atoms with Crippen molar-refractivity contribution < 1.29 is 13.2 Å². The number of aromatic amines is 1. The van der Waals surface area contributed by atoms with Crippen LogP contribution in [0.4, 0.5) is 0 Å². The summed E-state index contributed by atoms with van der Waals surface area (Å²) in [5, 5.41) is 9.65. The molecule has 0 bridgehead atoms. The van der Waals surface area contributed by atoms with Crippen LogP contribution in [0.3, 0.4) is 0 Å². The first kappa shape index (κ1) is 27.9. The molecule has 0 amide bonds. The predicted octanol–water partition coefficient (Wildman–Crippen LogP) is 6.98. The van der Waals surface area contributed by atoms with Gasteiger partial charge in [0.2, 0.25) is 10.0 Å². The number of hydrogen-bond donors (Lipinski definition) is 2. The maximum absolute atomic E-state index is 13.9. The van der Waals surface area contributed by atoms with Gasteiger partial charge in [-0.15, -0.1) is 5.10 Å². The summed E-state index contributed by atoms with van der Waals surface area (Å²) in [7, 11) is -3.87. The lowest BCUT2D eigenvalue weighted by molar-refractivity contribution is 0.408. The molecule has 0 saturated carbocycles. The van der Waals surface area contributed by atoms with Crippen molar-refractivity contribution in [1.82, 2.24) is 24.5 Å². The average molecular weight is 538 g/mol. The van der Waals surface area contributed by atoms with Crippen LogP contribution in [-0.2, 0) is 16.6 Å². The maximum Gasteiger partial charge on any atom is 0.322 e. The number of aromatic nitrogens is 4. The summed E-state index contributed by atoms with van der Waals surface area (Å²) >= 11 is 0. The second-order valence-corrected chi connectivity index (χ2v) is 12.4. The summed E-state index contributed by atoms with van der Waals surface area (Å²) in [5.41, 5.74) is 3.77. The largest absolute Gasteiger partial charge is 0.424 e. The van der Waals surface area contributed by atoms with Crippen LogP contribution >= 0.6 is 0 Å². The maximum atomic E-state index is 13.9. The Hall–Kier alpha value is -3.17. The highest BCUT2D eigenvalue weighted by Gasteiger charge is 2.30. The second kappa shape index (κ2) is 10.9. The van der Waals surface area contributed by atoms with Gasteiger partial charge in [-0.05, 0) is 71.9 Å². The molecule has 0 aliphatic rings. The minimum atomic E-state index is -3.87. The predicted molar refractivity (Wildman–Crippen MR) is 152 cm³/mol. The first-order chi connectivity index (χ1) is 17.9. The molecule has 4 aromatic rings. The third-order valence-electron chi connectivity index (χ3n) is 6.86. The minimum Gasteiger partial charge on any atom is -0.424 e. The summed E-state index contributed by atoms with van der Waals surface area (Å²) in [6.45, 7) is 16.7. The van der Waals surface area contributed by atoms with Crippen molar-refractivity contribution in [2.24, 2.45) is 0 Å². The molecule has 0 spiro atoms. The smallest absolute Gasteiger partial charge is 0.322 e. The molecule has 1 atom stereocenters. The molecule has 2 heterocycles. The van der Waals surface area contributed by atoms with Crippen molar-refractivity contribution in [2.75, 3.05) is 0 Å². The van der Waals surface area contributed by atoms with Gasteiger partial charge >= 0.3 is 6.01 Å². The summed E-state index contributed by atoms with van der Waals surface area (Å²) < 4.78 is 38.6. The van der Waals surface area contributed by atoms with E-state index >= 15 is 0 Å². The molecule has 9 heteroatoms. The van der Waals surface area contributed by atoms with E-state index in [2.05, 4.69) is 33.8 Å². The van der Waals surface area contributed by atoms with Gasteiger partial charge in [-0.1, -0.05) is 58.8 Å². The Morgan fingerprint density at radius 3 is 2.16 bits per heavy atom. The molecule has 2 aromatic heterocycles. The fraction of sp³-hybridized carbons (Fsp3) is 0.448. The Labute approximate surface area is 225 Å². The summed E-state index contributed by atoms with van der Waals surface area (Å²) in [4.78, 5) is 3.55. The number of H-pyrrole nitrogens is 1. The molecule has 0 radical (unpaired) electrons. The Balaban J connectivity index is 1.68. The van der Waals surface area contributed by atoms with Gasteiger partial charge in [0.25, 0.3) is 0 Å². The van der Waals surface area contributed by atoms with Crippen molar-refractivity contribution in [3.8, 4) is 11.8 Å². The highest BCUT2D eigenvalue weighted by molar-refractivity contribution is 7.89. The van der Waals surface area contributed by atoms with Crippen LogP contribution in [0.1, 0.15) is 102 Å². The molecule has 38 heavy (non-hydrogen) atoms. The van der Waals surface area contributed by atoms with E-state index in [-0.39, 0.29) is 11.8 Å².